The topological polar surface area (TPSA) is 39.1 Å². The molecule has 1 aromatic carbocycles. The molecule has 0 spiro atoms. The maximum atomic E-state index is 8.58. The van der Waals surface area contributed by atoms with Crippen LogP contribution in [-0.2, 0) is 0 Å². The van der Waals surface area contributed by atoms with Gasteiger partial charge in [-0.1, -0.05) is 15.9 Å². The summed E-state index contributed by atoms with van der Waals surface area (Å²) in [6.45, 7) is 2.54. The van der Waals surface area contributed by atoms with Crippen molar-refractivity contribution < 1.29 is 0 Å². The molecule has 90 valence electrons. The van der Waals surface area contributed by atoms with E-state index in [4.69, 9.17) is 5.26 Å². The van der Waals surface area contributed by atoms with E-state index in [0.29, 0.717) is 12.6 Å². The normalized spacial score (nSPS) is 20.0. The Hall–Kier alpha value is -1.05. The lowest BCUT2D eigenvalue weighted by molar-refractivity contribution is 0.439. The zero-order valence-electron chi connectivity index (χ0n) is 9.69. The first-order chi connectivity index (χ1) is 8.29. The first-order valence-corrected chi connectivity index (χ1v) is 6.70. The molecular weight excluding hydrogens is 278 g/mol. The number of halogens is 1. The number of benzene rings is 1. The highest BCUT2D eigenvalue weighted by Crippen LogP contribution is 2.22. The molecule has 1 aromatic rings. The van der Waals surface area contributed by atoms with Crippen molar-refractivity contribution in [2.24, 2.45) is 0 Å². The van der Waals surface area contributed by atoms with E-state index in [-0.39, 0.29) is 0 Å². The maximum Gasteiger partial charge on any atom is 0.0843 e. The van der Waals surface area contributed by atoms with Gasteiger partial charge in [-0.25, -0.2) is 0 Å². The summed E-state index contributed by atoms with van der Waals surface area (Å²) in [4.78, 5) is 2.38. The summed E-state index contributed by atoms with van der Waals surface area (Å²) < 4.78 is 1.11. The lowest BCUT2D eigenvalue weighted by Gasteiger charge is -2.34. The molecule has 0 saturated carbocycles. The Morgan fingerprint density at radius 3 is 2.88 bits per heavy atom. The standard InChI is InChI=1S/C13H16BrN3/c14-11-3-5-13(6-4-11)17-9-1-2-12(10-17)16-8-7-15/h3-6,12,16H,1-2,8-10H2. The van der Waals surface area contributed by atoms with Crippen molar-refractivity contribution in [1.82, 2.24) is 5.32 Å². The number of nitrogens with zero attached hydrogens (tertiary/aromatic N) is 2. The molecule has 17 heavy (non-hydrogen) atoms. The second-order valence-corrected chi connectivity index (χ2v) is 5.22. The SMILES string of the molecule is N#CCNC1CCCN(c2ccc(Br)cc2)C1. The Balaban J connectivity index is 1.97. The molecule has 3 nitrogen and oxygen atoms in total. The predicted octanol–water partition coefficient (Wildman–Crippen LogP) is 2.53. The second kappa shape index (κ2) is 6.04. The van der Waals surface area contributed by atoms with Crippen LogP contribution in [0.5, 0.6) is 0 Å². The molecule has 0 aliphatic carbocycles. The van der Waals surface area contributed by atoms with Crippen LogP contribution < -0.4 is 10.2 Å². The second-order valence-electron chi connectivity index (χ2n) is 4.30. The van der Waals surface area contributed by atoms with Crippen molar-refractivity contribution in [3.8, 4) is 6.07 Å². The highest BCUT2D eigenvalue weighted by atomic mass is 79.9. The summed E-state index contributed by atoms with van der Waals surface area (Å²) in [5.41, 5.74) is 1.26. The molecule has 1 atom stereocenters. The molecule has 0 aromatic heterocycles. The van der Waals surface area contributed by atoms with Crippen LogP contribution in [-0.4, -0.2) is 25.7 Å². The van der Waals surface area contributed by atoms with Crippen LogP contribution in [0, 0.1) is 11.3 Å². The van der Waals surface area contributed by atoms with Gasteiger partial charge >= 0.3 is 0 Å². The molecule has 1 unspecified atom stereocenters. The van der Waals surface area contributed by atoms with Gasteiger partial charge in [-0.15, -0.1) is 0 Å². The van der Waals surface area contributed by atoms with E-state index in [2.05, 4.69) is 56.5 Å². The van der Waals surface area contributed by atoms with E-state index in [0.717, 1.165) is 24.0 Å². The van der Waals surface area contributed by atoms with Crippen molar-refractivity contribution >= 4 is 21.6 Å². The molecule has 1 aliphatic rings. The minimum atomic E-state index is 0.437. The van der Waals surface area contributed by atoms with E-state index >= 15 is 0 Å². The van der Waals surface area contributed by atoms with Crippen molar-refractivity contribution in [1.29, 1.82) is 5.26 Å². The summed E-state index contributed by atoms with van der Waals surface area (Å²) in [6.07, 6.45) is 2.34. The summed E-state index contributed by atoms with van der Waals surface area (Å²) >= 11 is 3.45. The molecule has 0 bridgehead atoms. The van der Waals surface area contributed by atoms with Gasteiger partial charge in [-0.05, 0) is 37.1 Å². The summed E-state index contributed by atoms with van der Waals surface area (Å²) in [5.74, 6) is 0. The Morgan fingerprint density at radius 2 is 2.18 bits per heavy atom. The van der Waals surface area contributed by atoms with Crippen LogP contribution >= 0.6 is 15.9 Å². The molecule has 1 N–H and O–H groups in total. The quantitative estimate of drug-likeness (QED) is 0.871. The van der Waals surface area contributed by atoms with E-state index in [1.165, 1.54) is 12.1 Å². The number of rotatable bonds is 3. The molecular formula is C13H16BrN3. The molecule has 1 fully saturated rings. The van der Waals surface area contributed by atoms with Crippen molar-refractivity contribution in [2.45, 2.75) is 18.9 Å². The van der Waals surface area contributed by atoms with Gasteiger partial charge in [-0.3, -0.25) is 5.32 Å². The Labute approximate surface area is 111 Å². The molecule has 0 radical (unpaired) electrons. The monoisotopic (exact) mass is 293 g/mol. The lowest BCUT2D eigenvalue weighted by atomic mass is 10.0. The van der Waals surface area contributed by atoms with Gasteiger partial charge in [0.1, 0.15) is 0 Å². The fraction of sp³-hybridized carbons (Fsp3) is 0.462. The Morgan fingerprint density at radius 1 is 1.41 bits per heavy atom. The van der Waals surface area contributed by atoms with Crippen LogP contribution in [0.15, 0.2) is 28.7 Å². The van der Waals surface area contributed by atoms with Gasteiger partial charge in [0.2, 0.25) is 0 Å². The smallest absolute Gasteiger partial charge is 0.0843 e. The Bertz CT molecular complexity index is 396. The van der Waals surface area contributed by atoms with E-state index < -0.39 is 0 Å². The maximum absolute atomic E-state index is 8.58. The van der Waals surface area contributed by atoms with Gasteiger partial charge in [0.15, 0.2) is 0 Å². The summed E-state index contributed by atoms with van der Waals surface area (Å²) in [7, 11) is 0. The molecule has 2 rings (SSSR count). The van der Waals surface area contributed by atoms with Crippen LogP contribution in [0.3, 0.4) is 0 Å². The first-order valence-electron chi connectivity index (χ1n) is 5.90. The summed E-state index contributed by atoms with van der Waals surface area (Å²) in [6, 6.07) is 11.0. The van der Waals surface area contributed by atoms with Crippen LogP contribution in [0.1, 0.15) is 12.8 Å². The molecule has 0 amide bonds. The van der Waals surface area contributed by atoms with Crippen molar-refractivity contribution in [2.75, 3.05) is 24.5 Å². The van der Waals surface area contributed by atoms with Gasteiger partial charge in [0.05, 0.1) is 12.6 Å². The van der Waals surface area contributed by atoms with Gasteiger partial charge in [0, 0.05) is 29.3 Å². The fourth-order valence-corrected chi connectivity index (χ4v) is 2.48. The van der Waals surface area contributed by atoms with E-state index in [1.807, 2.05) is 0 Å². The minimum absolute atomic E-state index is 0.437. The lowest BCUT2D eigenvalue weighted by Crippen LogP contribution is -2.45. The summed E-state index contributed by atoms with van der Waals surface area (Å²) in [5, 5.41) is 11.8. The first kappa shape index (κ1) is 12.4. The van der Waals surface area contributed by atoms with Crippen molar-refractivity contribution in [3.05, 3.63) is 28.7 Å². The van der Waals surface area contributed by atoms with Gasteiger partial charge < -0.3 is 4.90 Å². The van der Waals surface area contributed by atoms with Crippen LogP contribution in [0.2, 0.25) is 0 Å². The molecule has 1 heterocycles. The van der Waals surface area contributed by atoms with Gasteiger partial charge in [0.25, 0.3) is 0 Å². The highest BCUT2D eigenvalue weighted by molar-refractivity contribution is 9.10. The average molecular weight is 294 g/mol. The minimum Gasteiger partial charge on any atom is -0.370 e. The number of nitrogens with one attached hydrogen (secondary N) is 1. The zero-order chi connectivity index (χ0) is 12.1. The van der Waals surface area contributed by atoms with E-state index in [1.54, 1.807) is 0 Å². The molecule has 1 aliphatic heterocycles. The number of hydrogen-bond acceptors (Lipinski definition) is 3. The fourth-order valence-electron chi connectivity index (χ4n) is 2.22. The zero-order valence-corrected chi connectivity index (χ0v) is 11.3. The molecule has 4 heteroatoms. The third-order valence-corrected chi connectivity index (χ3v) is 3.61. The number of piperidine rings is 1. The van der Waals surface area contributed by atoms with Crippen LogP contribution in [0.4, 0.5) is 5.69 Å². The van der Waals surface area contributed by atoms with Crippen LogP contribution in [0.25, 0.3) is 0 Å². The third kappa shape index (κ3) is 3.45. The number of hydrogen-bond donors (Lipinski definition) is 1. The average Bonchev–Trinajstić information content (AvgIpc) is 2.37. The van der Waals surface area contributed by atoms with Crippen molar-refractivity contribution in [3.63, 3.8) is 0 Å². The highest BCUT2D eigenvalue weighted by Gasteiger charge is 2.19. The largest absolute Gasteiger partial charge is 0.370 e. The molecule has 1 saturated heterocycles. The number of nitriles is 1. The number of anilines is 1. The van der Waals surface area contributed by atoms with E-state index in [9.17, 15) is 0 Å². The predicted molar refractivity (Wildman–Crippen MR) is 73.0 cm³/mol. The third-order valence-electron chi connectivity index (χ3n) is 3.08. The Kier molecular flexibility index (Phi) is 4.41. The van der Waals surface area contributed by atoms with Gasteiger partial charge in [-0.2, -0.15) is 5.26 Å².